The molecule has 1 heterocycles. The highest BCUT2D eigenvalue weighted by atomic mass is 16.5. The van der Waals surface area contributed by atoms with Crippen molar-refractivity contribution in [3.05, 3.63) is 0 Å². The zero-order chi connectivity index (χ0) is 15.9. The lowest BCUT2D eigenvalue weighted by Gasteiger charge is -2.38. The Morgan fingerprint density at radius 1 is 1.23 bits per heavy atom. The SMILES string of the molecule is CCCCC1CCC(C(=O)N2CCOCC2CC(=O)O)CC1. The molecule has 1 N–H and O–H groups in total. The molecule has 1 atom stereocenters. The molecule has 0 radical (unpaired) electrons. The molecule has 0 bridgehead atoms. The third-order valence-corrected chi connectivity index (χ3v) is 5.08. The van der Waals surface area contributed by atoms with Crippen LogP contribution in [0, 0.1) is 11.8 Å². The van der Waals surface area contributed by atoms with Crippen LogP contribution in [0.5, 0.6) is 0 Å². The van der Waals surface area contributed by atoms with Crippen LogP contribution in [0.25, 0.3) is 0 Å². The van der Waals surface area contributed by atoms with E-state index in [1.165, 1.54) is 19.3 Å². The number of morpholine rings is 1. The van der Waals surface area contributed by atoms with Crippen molar-refractivity contribution in [2.75, 3.05) is 19.8 Å². The predicted octanol–water partition coefficient (Wildman–Crippen LogP) is 2.69. The van der Waals surface area contributed by atoms with Gasteiger partial charge in [-0.2, -0.15) is 0 Å². The monoisotopic (exact) mass is 311 g/mol. The van der Waals surface area contributed by atoms with Gasteiger partial charge in [-0.1, -0.05) is 26.2 Å². The lowest BCUT2D eigenvalue weighted by atomic mass is 9.79. The van der Waals surface area contributed by atoms with Gasteiger partial charge in [-0.15, -0.1) is 0 Å². The first-order valence-electron chi connectivity index (χ1n) is 8.71. The second-order valence-corrected chi connectivity index (χ2v) is 6.72. The lowest BCUT2D eigenvalue weighted by molar-refractivity contribution is -0.150. The Labute approximate surface area is 133 Å². The van der Waals surface area contributed by atoms with Gasteiger partial charge >= 0.3 is 5.97 Å². The molecule has 1 amide bonds. The van der Waals surface area contributed by atoms with E-state index < -0.39 is 5.97 Å². The summed E-state index contributed by atoms with van der Waals surface area (Å²) in [5, 5.41) is 9.00. The van der Waals surface area contributed by atoms with E-state index >= 15 is 0 Å². The average molecular weight is 311 g/mol. The number of hydrogen-bond donors (Lipinski definition) is 1. The van der Waals surface area contributed by atoms with Crippen LogP contribution in [0.4, 0.5) is 0 Å². The molecule has 2 aliphatic rings. The molecular weight excluding hydrogens is 282 g/mol. The second-order valence-electron chi connectivity index (χ2n) is 6.72. The highest BCUT2D eigenvalue weighted by Crippen LogP contribution is 2.33. The van der Waals surface area contributed by atoms with Gasteiger partial charge in [-0.05, 0) is 31.6 Å². The first-order chi connectivity index (χ1) is 10.6. The largest absolute Gasteiger partial charge is 0.481 e. The summed E-state index contributed by atoms with van der Waals surface area (Å²) in [5.74, 6) is 0.163. The molecule has 5 nitrogen and oxygen atoms in total. The first-order valence-corrected chi connectivity index (χ1v) is 8.71. The van der Waals surface area contributed by atoms with E-state index in [1.54, 1.807) is 4.90 Å². The molecule has 0 spiro atoms. The normalized spacial score (nSPS) is 29.3. The van der Waals surface area contributed by atoms with Crippen molar-refractivity contribution in [3.63, 3.8) is 0 Å². The molecule has 0 aromatic carbocycles. The van der Waals surface area contributed by atoms with Gasteiger partial charge in [0.05, 0.1) is 25.7 Å². The molecule has 1 saturated carbocycles. The number of aliphatic carboxylic acids is 1. The van der Waals surface area contributed by atoms with Crippen LogP contribution in [0.1, 0.15) is 58.3 Å². The molecule has 2 fully saturated rings. The van der Waals surface area contributed by atoms with Crippen LogP contribution in [-0.2, 0) is 14.3 Å². The maximum Gasteiger partial charge on any atom is 0.305 e. The van der Waals surface area contributed by atoms with Gasteiger partial charge in [0.2, 0.25) is 5.91 Å². The van der Waals surface area contributed by atoms with Gasteiger partial charge in [0.25, 0.3) is 0 Å². The standard InChI is InChI=1S/C17H29NO4/c1-2-3-4-13-5-7-14(8-6-13)17(21)18-9-10-22-12-15(18)11-16(19)20/h13-15H,2-12H2,1H3,(H,19,20). The summed E-state index contributed by atoms with van der Waals surface area (Å²) in [6.45, 7) is 3.63. The lowest BCUT2D eigenvalue weighted by Crippen LogP contribution is -2.51. The number of unbranched alkanes of at least 4 members (excludes halogenated alkanes) is 1. The van der Waals surface area contributed by atoms with E-state index in [-0.39, 0.29) is 24.3 Å². The Morgan fingerprint density at radius 3 is 2.59 bits per heavy atom. The molecule has 0 aromatic heterocycles. The number of ether oxygens (including phenoxy) is 1. The molecule has 1 saturated heterocycles. The fourth-order valence-corrected chi connectivity index (χ4v) is 3.74. The summed E-state index contributed by atoms with van der Waals surface area (Å²) in [5.41, 5.74) is 0. The third kappa shape index (κ3) is 4.70. The van der Waals surface area contributed by atoms with Crippen molar-refractivity contribution >= 4 is 11.9 Å². The van der Waals surface area contributed by atoms with Gasteiger partial charge < -0.3 is 14.7 Å². The predicted molar refractivity (Wildman–Crippen MR) is 83.5 cm³/mol. The van der Waals surface area contributed by atoms with E-state index in [0.717, 1.165) is 31.6 Å². The zero-order valence-electron chi connectivity index (χ0n) is 13.6. The van der Waals surface area contributed by atoms with Gasteiger partial charge in [0.15, 0.2) is 0 Å². The summed E-state index contributed by atoms with van der Waals surface area (Å²) in [7, 11) is 0. The Balaban J connectivity index is 1.86. The minimum absolute atomic E-state index is 0.0163. The zero-order valence-corrected chi connectivity index (χ0v) is 13.6. The quantitative estimate of drug-likeness (QED) is 0.819. The van der Waals surface area contributed by atoms with E-state index in [1.807, 2.05) is 0 Å². The summed E-state index contributed by atoms with van der Waals surface area (Å²) < 4.78 is 5.35. The number of carboxylic acid groups (broad SMARTS) is 1. The topological polar surface area (TPSA) is 66.8 Å². The number of hydrogen-bond acceptors (Lipinski definition) is 3. The van der Waals surface area contributed by atoms with E-state index in [4.69, 9.17) is 9.84 Å². The minimum atomic E-state index is -0.864. The Bertz CT molecular complexity index is 377. The molecule has 0 aromatic rings. The van der Waals surface area contributed by atoms with Crippen molar-refractivity contribution in [1.29, 1.82) is 0 Å². The van der Waals surface area contributed by atoms with Gasteiger partial charge in [-0.3, -0.25) is 9.59 Å². The molecule has 1 aliphatic carbocycles. The van der Waals surface area contributed by atoms with E-state index in [9.17, 15) is 9.59 Å². The van der Waals surface area contributed by atoms with Crippen LogP contribution in [-0.4, -0.2) is 47.7 Å². The van der Waals surface area contributed by atoms with Gasteiger partial charge in [-0.25, -0.2) is 0 Å². The molecule has 2 rings (SSSR count). The maximum absolute atomic E-state index is 12.7. The average Bonchev–Trinajstić information content (AvgIpc) is 2.53. The first kappa shape index (κ1) is 17.3. The molecule has 126 valence electrons. The van der Waals surface area contributed by atoms with Crippen LogP contribution < -0.4 is 0 Å². The van der Waals surface area contributed by atoms with Gasteiger partial charge in [0, 0.05) is 12.5 Å². The number of carbonyl (C=O) groups excluding carboxylic acids is 1. The fraction of sp³-hybridized carbons (Fsp3) is 0.882. The summed E-state index contributed by atoms with van der Waals surface area (Å²) in [6.07, 6.45) is 8.01. The van der Waals surface area contributed by atoms with Crippen molar-refractivity contribution in [1.82, 2.24) is 4.90 Å². The smallest absolute Gasteiger partial charge is 0.305 e. The number of carbonyl (C=O) groups is 2. The number of amides is 1. The third-order valence-electron chi connectivity index (χ3n) is 5.08. The van der Waals surface area contributed by atoms with Crippen molar-refractivity contribution in [3.8, 4) is 0 Å². The number of carboxylic acids is 1. The van der Waals surface area contributed by atoms with E-state index in [2.05, 4.69) is 6.92 Å². The maximum atomic E-state index is 12.7. The van der Waals surface area contributed by atoms with Crippen LogP contribution in [0.15, 0.2) is 0 Å². The molecule has 1 unspecified atom stereocenters. The van der Waals surface area contributed by atoms with E-state index in [0.29, 0.717) is 19.8 Å². The number of rotatable bonds is 6. The summed E-state index contributed by atoms with van der Waals surface area (Å²) >= 11 is 0. The molecular formula is C17H29NO4. The van der Waals surface area contributed by atoms with Crippen LogP contribution in [0.3, 0.4) is 0 Å². The Hall–Kier alpha value is -1.10. The molecule has 5 heteroatoms. The van der Waals surface area contributed by atoms with Crippen LogP contribution >= 0.6 is 0 Å². The van der Waals surface area contributed by atoms with Crippen molar-refractivity contribution in [2.24, 2.45) is 11.8 Å². The second kappa shape index (κ2) is 8.51. The van der Waals surface area contributed by atoms with Crippen molar-refractivity contribution < 1.29 is 19.4 Å². The molecule has 22 heavy (non-hydrogen) atoms. The van der Waals surface area contributed by atoms with Crippen LogP contribution in [0.2, 0.25) is 0 Å². The summed E-state index contributed by atoms with van der Waals surface area (Å²) in [6, 6.07) is -0.295. The highest BCUT2D eigenvalue weighted by Gasteiger charge is 2.34. The Morgan fingerprint density at radius 2 is 1.95 bits per heavy atom. The highest BCUT2D eigenvalue weighted by molar-refractivity contribution is 5.80. The Kier molecular flexibility index (Phi) is 6.68. The van der Waals surface area contributed by atoms with Gasteiger partial charge in [0.1, 0.15) is 0 Å². The number of nitrogens with zero attached hydrogens (tertiary/aromatic N) is 1. The summed E-state index contributed by atoms with van der Waals surface area (Å²) in [4.78, 5) is 25.5. The molecule has 1 aliphatic heterocycles. The fourth-order valence-electron chi connectivity index (χ4n) is 3.74. The minimum Gasteiger partial charge on any atom is -0.481 e. The van der Waals surface area contributed by atoms with Crippen molar-refractivity contribution in [2.45, 2.75) is 64.3 Å².